The number of amides is 2. The molecule has 0 bridgehead atoms. The Kier molecular flexibility index (Phi) is 17.0. The molecule has 6 aromatic rings. The second-order valence-electron chi connectivity index (χ2n) is 20.8. The fourth-order valence-electron chi connectivity index (χ4n) is 11.6. The lowest BCUT2D eigenvalue weighted by Crippen LogP contribution is -2.53. The van der Waals surface area contributed by atoms with Crippen LogP contribution in [0.5, 0.6) is 0 Å². The largest absolute Gasteiger partial charge is 0.453 e. The fraction of sp³-hybridized carbons (Fsp3) is 0.375. The van der Waals surface area contributed by atoms with Gasteiger partial charge in [-0.05, 0) is 84.9 Å². The molecule has 6 aromatic carbocycles. The molecule has 1 saturated heterocycles. The highest BCUT2D eigenvalue weighted by Crippen LogP contribution is 2.46. The first-order valence-corrected chi connectivity index (χ1v) is 27.2. The molecule has 2 fully saturated rings. The molecule has 3 atom stereocenters. The number of likely N-dealkylation sites (tertiary alicyclic amines) is 1. The van der Waals surface area contributed by atoms with E-state index in [4.69, 9.17) is 25.8 Å². The minimum atomic E-state index is -1.58. The van der Waals surface area contributed by atoms with Gasteiger partial charge in [0.25, 0.3) is 0 Å². The molecular formula is C64H69ClN2O7. The number of esters is 2. The average Bonchev–Trinajstić information content (AvgIpc) is 4.04. The third-order valence-corrected chi connectivity index (χ3v) is 15.9. The van der Waals surface area contributed by atoms with Crippen LogP contribution in [0.4, 0.5) is 4.79 Å². The Labute approximate surface area is 442 Å². The molecule has 0 aromatic heterocycles. The number of ether oxygens (including phenoxy) is 3. The fourth-order valence-corrected chi connectivity index (χ4v) is 11.9. The predicted molar refractivity (Wildman–Crippen MR) is 291 cm³/mol. The third kappa shape index (κ3) is 11.8. The molecule has 1 heterocycles. The number of halogens is 1. The smallest absolute Gasteiger partial charge is 0.407 e. The van der Waals surface area contributed by atoms with E-state index in [0.717, 1.165) is 40.7 Å². The molecule has 74 heavy (non-hydrogen) atoms. The van der Waals surface area contributed by atoms with E-state index in [1.54, 1.807) is 6.07 Å². The maximum absolute atomic E-state index is 15.2. The van der Waals surface area contributed by atoms with Gasteiger partial charge in [0, 0.05) is 34.2 Å². The van der Waals surface area contributed by atoms with Gasteiger partial charge in [-0.3, -0.25) is 9.59 Å². The second kappa shape index (κ2) is 24.1. The van der Waals surface area contributed by atoms with E-state index in [-0.39, 0.29) is 19.1 Å². The molecule has 9 nitrogen and oxygen atoms in total. The van der Waals surface area contributed by atoms with Crippen LogP contribution < -0.4 is 5.32 Å². The van der Waals surface area contributed by atoms with Gasteiger partial charge < -0.3 is 24.4 Å². The van der Waals surface area contributed by atoms with E-state index in [0.29, 0.717) is 40.5 Å². The molecule has 9 rings (SSSR count). The van der Waals surface area contributed by atoms with Gasteiger partial charge in [0.1, 0.15) is 24.3 Å². The number of carbonyl (C=O) groups is 4. The summed E-state index contributed by atoms with van der Waals surface area (Å²) in [6, 6.07) is 48.3. The van der Waals surface area contributed by atoms with Crippen molar-refractivity contribution in [1.29, 1.82) is 0 Å². The normalized spacial score (nSPS) is 17.8. The number of alkyl carbamates (subject to hydrolysis) is 1. The second-order valence-corrected chi connectivity index (χ2v) is 21.2. The number of benzene rings is 6. The monoisotopic (exact) mass is 1010 g/mol. The summed E-state index contributed by atoms with van der Waals surface area (Å²) in [7, 11) is 0. The zero-order chi connectivity index (χ0) is 51.5. The van der Waals surface area contributed by atoms with Gasteiger partial charge >= 0.3 is 18.0 Å². The highest BCUT2D eigenvalue weighted by molar-refractivity contribution is 6.31. The Morgan fingerprint density at radius 3 is 1.73 bits per heavy atom. The van der Waals surface area contributed by atoms with Gasteiger partial charge in [0.15, 0.2) is 5.60 Å². The van der Waals surface area contributed by atoms with Crippen LogP contribution in [-0.4, -0.2) is 54.1 Å². The van der Waals surface area contributed by atoms with E-state index >= 15 is 9.59 Å². The molecule has 2 amide bonds. The van der Waals surface area contributed by atoms with Gasteiger partial charge in [-0.2, -0.15) is 0 Å². The van der Waals surface area contributed by atoms with Crippen molar-refractivity contribution in [2.75, 3.05) is 13.2 Å². The van der Waals surface area contributed by atoms with Crippen molar-refractivity contribution in [3.8, 4) is 11.1 Å². The molecule has 10 heteroatoms. The maximum Gasteiger partial charge on any atom is 0.407 e. The predicted octanol–water partition coefficient (Wildman–Crippen LogP) is 14.3. The summed E-state index contributed by atoms with van der Waals surface area (Å²) in [5.41, 5.74) is 5.54. The van der Waals surface area contributed by atoms with E-state index < -0.39 is 53.6 Å². The summed E-state index contributed by atoms with van der Waals surface area (Å²) in [6.45, 7) is 3.82. The van der Waals surface area contributed by atoms with E-state index in [1.807, 2.05) is 141 Å². The van der Waals surface area contributed by atoms with Gasteiger partial charge in [-0.15, -0.1) is 0 Å². The first kappa shape index (κ1) is 52.2. The summed E-state index contributed by atoms with van der Waals surface area (Å²) in [5, 5.41) is 3.17. The number of carbonyl (C=O) groups excluding carboxylic acids is 4. The number of hydrogen-bond acceptors (Lipinski definition) is 7. The standard InChI is InChI=1S/C64H69ClN2O7/c1-63(2,47-27-14-10-15-28-47)74-61(70)58-37-24-42-67(58)60(69)57(66-62(71)72-44-54-52-33-20-18-31-50(52)51-32-19-21-34-53(51)54)43-59(68)73-64(48-29-16-11-17-30-48,55-35-22-23-36-56(55)65)49-40-38-46(39-41-49)45-25-12-8-6-4-3-5-7-9-13-26-45/h10-11,14-23,27-36,38-41,45,54,57-58H,3-9,12-13,24-26,37,42-44H2,1-2H3,(H,66,71)/t57-,58-,64?/m0/s1. The lowest BCUT2D eigenvalue weighted by molar-refractivity contribution is -0.166. The molecule has 3 aliphatic rings. The van der Waals surface area contributed by atoms with Crippen LogP contribution >= 0.6 is 11.6 Å². The zero-order valence-corrected chi connectivity index (χ0v) is 43.6. The van der Waals surface area contributed by atoms with Crippen molar-refractivity contribution in [2.45, 2.75) is 139 Å². The summed E-state index contributed by atoms with van der Waals surface area (Å²) in [5.74, 6) is -1.82. The number of fused-ring (bicyclic) bond motifs is 3. The minimum absolute atomic E-state index is 0.0150. The Morgan fingerprint density at radius 1 is 0.595 bits per heavy atom. The summed E-state index contributed by atoms with van der Waals surface area (Å²) in [6.07, 6.45) is 13.0. The highest BCUT2D eigenvalue weighted by atomic mass is 35.5. The van der Waals surface area contributed by atoms with Crippen molar-refractivity contribution in [1.82, 2.24) is 10.2 Å². The molecule has 1 N–H and O–H groups in total. The average molecular weight is 1010 g/mol. The molecule has 0 radical (unpaired) electrons. The topological polar surface area (TPSA) is 111 Å². The summed E-state index contributed by atoms with van der Waals surface area (Å²) < 4.78 is 19.0. The number of rotatable bonds is 14. The van der Waals surface area contributed by atoms with Gasteiger partial charge in [-0.1, -0.05) is 221 Å². The lowest BCUT2D eigenvalue weighted by Gasteiger charge is -2.37. The maximum atomic E-state index is 15.2. The van der Waals surface area contributed by atoms with Crippen molar-refractivity contribution in [2.24, 2.45) is 0 Å². The summed E-state index contributed by atoms with van der Waals surface area (Å²) in [4.78, 5) is 60.0. The molecule has 1 unspecified atom stereocenters. The van der Waals surface area contributed by atoms with Crippen molar-refractivity contribution in [3.63, 3.8) is 0 Å². The number of nitrogens with zero attached hydrogens (tertiary/aromatic N) is 1. The number of hydrogen-bond donors (Lipinski definition) is 1. The molecule has 384 valence electrons. The molecule has 2 aliphatic carbocycles. The van der Waals surface area contributed by atoms with E-state index in [2.05, 4.69) is 29.6 Å². The highest BCUT2D eigenvalue weighted by Gasteiger charge is 2.45. The van der Waals surface area contributed by atoms with Crippen LogP contribution in [0.1, 0.15) is 155 Å². The van der Waals surface area contributed by atoms with E-state index in [9.17, 15) is 9.59 Å². The molecule has 1 aliphatic heterocycles. The van der Waals surface area contributed by atoms with Crippen LogP contribution in [0, 0.1) is 0 Å². The zero-order valence-electron chi connectivity index (χ0n) is 42.8. The van der Waals surface area contributed by atoms with Gasteiger partial charge in [0.2, 0.25) is 5.91 Å². The first-order chi connectivity index (χ1) is 36.0. The minimum Gasteiger partial charge on any atom is -0.453 e. The van der Waals surface area contributed by atoms with Crippen molar-refractivity contribution < 1.29 is 33.4 Å². The summed E-state index contributed by atoms with van der Waals surface area (Å²) >= 11 is 7.16. The Balaban J connectivity index is 1.03. The third-order valence-electron chi connectivity index (χ3n) is 15.5. The van der Waals surface area contributed by atoms with Gasteiger partial charge in [-0.25, -0.2) is 9.59 Å². The SMILES string of the molecule is CC(C)(OC(=O)[C@@H]1CCCN1C(=O)[C@H](CC(=O)OC(c1ccccc1)(c1ccc(C2CCCCCCCCCCC2)cc1)c1ccccc1Cl)NC(=O)OCC1c2ccccc2-c2ccccc21)c1ccccc1. The molecular weight excluding hydrogens is 944 g/mol. The van der Waals surface area contributed by atoms with Crippen LogP contribution in [-0.2, 0) is 39.8 Å². The van der Waals surface area contributed by atoms with Crippen LogP contribution in [0.25, 0.3) is 11.1 Å². The number of nitrogens with one attached hydrogen (secondary N) is 1. The first-order valence-electron chi connectivity index (χ1n) is 26.9. The van der Waals surface area contributed by atoms with Crippen molar-refractivity contribution >= 4 is 35.5 Å². The van der Waals surface area contributed by atoms with Gasteiger partial charge in [0.05, 0.1) is 6.42 Å². The van der Waals surface area contributed by atoms with Crippen LogP contribution in [0.2, 0.25) is 5.02 Å². The Morgan fingerprint density at radius 2 is 1.12 bits per heavy atom. The van der Waals surface area contributed by atoms with Crippen LogP contribution in [0.15, 0.2) is 158 Å². The Hall–Kier alpha value is -6.71. The Bertz CT molecular complexity index is 2810. The lowest BCUT2D eigenvalue weighted by atomic mass is 9.78. The quantitative estimate of drug-likeness (QED) is 0.0657. The molecule has 1 saturated carbocycles. The van der Waals surface area contributed by atoms with Crippen molar-refractivity contribution in [3.05, 3.63) is 202 Å². The van der Waals surface area contributed by atoms with E-state index in [1.165, 1.54) is 68.3 Å². The molecule has 0 spiro atoms. The van der Waals surface area contributed by atoms with Crippen LogP contribution in [0.3, 0.4) is 0 Å².